The Morgan fingerprint density at radius 2 is 1.53 bits per heavy atom. The Labute approximate surface area is 217 Å². The molecule has 1 saturated carbocycles. The van der Waals surface area contributed by atoms with E-state index in [4.69, 9.17) is 28.4 Å². The van der Waals surface area contributed by atoms with Crippen molar-refractivity contribution in [1.82, 2.24) is 0 Å². The van der Waals surface area contributed by atoms with Gasteiger partial charge < -0.3 is 0 Å². The number of aliphatic hydroxyl groups is 1. The maximum absolute atomic E-state index is 12.7. The van der Waals surface area contributed by atoms with Gasteiger partial charge >= 0.3 is 217 Å². The molecule has 2 aromatic rings. The molecule has 2 heterocycles. The van der Waals surface area contributed by atoms with Crippen LogP contribution >= 0.6 is 0 Å². The fourth-order valence-electron chi connectivity index (χ4n) is 5.30. The van der Waals surface area contributed by atoms with E-state index < -0.39 is 47.0 Å². The molecule has 2 aromatic carbocycles. The monoisotopic (exact) mass is 564 g/mol. The van der Waals surface area contributed by atoms with Crippen LogP contribution in [-0.4, -0.2) is 87.9 Å². The molecule has 0 aromatic heterocycles. The molecular formula is C27H32O8Se. The standard InChI is InChI=1S/C27H32O8Se/c1-30-26-15-9-10-16-27(26,31-2)35-23-21(28)25(36-19-13-7-4-8-14-19)33-20(22(23)34-26)17-32-24(29)18-11-5-3-6-12-18/h3-8,11-14,20-23,25,28H,9-10,15-17H2,1-2H3/t20-,21+,22-,23-,25-,26+,27+/m1/s1. The topological polar surface area (TPSA) is 92.7 Å². The molecule has 0 bridgehead atoms. The second kappa shape index (κ2) is 10.9. The molecule has 3 aliphatic rings. The Morgan fingerprint density at radius 3 is 2.14 bits per heavy atom. The van der Waals surface area contributed by atoms with Crippen molar-refractivity contribution < 1.29 is 38.3 Å². The molecule has 7 atom stereocenters. The van der Waals surface area contributed by atoms with Crippen molar-refractivity contribution in [2.45, 2.75) is 66.7 Å². The van der Waals surface area contributed by atoms with Crippen molar-refractivity contribution >= 4 is 25.4 Å². The summed E-state index contributed by atoms with van der Waals surface area (Å²) in [6.07, 6.45) is -0.145. The van der Waals surface area contributed by atoms with Crippen LogP contribution in [0.1, 0.15) is 36.0 Å². The van der Waals surface area contributed by atoms with Crippen LogP contribution in [-0.2, 0) is 28.4 Å². The van der Waals surface area contributed by atoms with E-state index in [-0.39, 0.29) is 21.6 Å². The summed E-state index contributed by atoms with van der Waals surface area (Å²) in [5.41, 5.74) is 0.454. The van der Waals surface area contributed by atoms with Crippen LogP contribution in [0.3, 0.4) is 0 Å². The van der Waals surface area contributed by atoms with E-state index in [0.29, 0.717) is 18.4 Å². The number of rotatable bonds is 7. The van der Waals surface area contributed by atoms with Crippen LogP contribution in [0.25, 0.3) is 0 Å². The average Bonchev–Trinajstić information content (AvgIpc) is 2.93. The number of hydrogen-bond acceptors (Lipinski definition) is 8. The van der Waals surface area contributed by atoms with Gasteiger partial charge in [-0.2, -0.15) is 0 Å². The summed E-state index contributed by atoms with van der Waals surface area (Å²) in [5.74, 6) is -2.74. The molecule has 9 heteroatoms. The number of esters is 1. The second-order valence-electron chi connectivity index (χ2n) is 9.22. The summed E-state index contributed by atoms with van der Waals surface area (Å²) in [6, 6.07) is 18.7. The number of benzene rings is 2. The SMILES string of the molecule is CO[C@]12CCCC[C@]1(OC)O[C@H]1[C@H](O2)[C@H](O)[C@@H]([Se]c2ccccc2)O[C@@H]1COC(=O)c1ccccc1. The van der Waals surface area contributed by atoms with E-state index in [1.54, 1.807) is 38.5 Å². The van der Waals surface area contributed by atoms with Gasteiger partial charge in [-0.1, -0.05) is 0 Å². The van der Waals surface area contributed by atoms with Crippen LogP contribution in [0.2, 0.25) is 0 Å². The fraction of sp³-hybridized carbons (Fsp3) is 0.519. The minimum atomic E-state index is -1.15. The Kier molecular flexibility index (Phi) is 7.81. The zero-order valence-corrected chi connectivity index (χ0v) is 22.1. The first-order valence-electron chi connectivity index (χ1n) is 12.2. The summed E-state index contributed by atoms with van der Waals surface area (Å²) >= 11 is -0.223. The maximum atomic E-state index is 12.7. The first-order chi connectivity index (χ1) is 17.5. The molecule has 36 heavy (non-hydrogen) atoms. The van der Waals surface area contributed by atoms with Gasteiger partial charge in [0.05, 0.1) is 0 Å². The van der Waals surface area contributed by atoms with E-state index in [0.717, 1.165) is 17.3 Å². The van der Waals surface area contributed by atoms with Gasteiger partial charge in [0.15, 0.2) is 0 Å². The van der Waals surface area contributed by atoms with Crippen molar-refractivity contribution in [3.63, 3.8) is 0 Å². The number of carbonyl (C=O) groups is 1. The van der Waals surface area contributed by atoms with E-state index in [9.17, 15) is 9.90 Å². The molecule has 0 radical (unpaired) electrons. The summed E-state index contributed by atoms with van der Waals surface area (Å²) in [4.78, 5) is 12.7. The molecule has 0 amide bonds. The molecule has 0 unspecified atom stereocenters. The summed E-state index contributed by atoms with van der Waals surface area (Å²) in [5, 5.41) is 10.9. The quantitative estimate of drug-likeness (QED) is 0.404. The third-order valence-electron chi connectivity index (χ3n) is 7.15. The molecule has 2 aliphatic heterocycles. The summed E-state index contributed by atoms with van der Waals surface area (Å²) < 4.78 is 38.2. The molecule has 194 valence electrons. The molecule has 8 nitrogen and oxygen atoms in total. The summed E-state index contributed by atoms with van der Waals surface area (Å²) in [6.45, 7) is -0.0495. The third kappa shape index (κ3) is 4.75. The molecular weight excluding hydrogens is 531 g/mol. The van der Waals surface area contributed by atoms with E-state index in [1.807, 2.05) is 36.4 Å². The number of aliphatic hydroxyl groups excluding tert-OH is 1. The van der Waals surface area contributed by atoms with Gasteiger partial charge in [-0.25, -0.2) is 0 Å². The fourth-order valence-corrected chi connectivity index (χ4v) is 7.55. The number of fused-ring (bicyclic) bond motifs is 2. The van der Waals surface area contributed by atoms with Gasteiger partial charge in [0.1, 0.15) is 0 Å². The van der Waals surface area contributed by atoms with E-state index >= 15 is 0 Å². The Bertz CT molecular complexity index is 1020. The van der Waals surface area contributed by atoms with E-state index in [2.05, 4.69) is 0 Å². The van der Waals surface area contributed by atoms with Crippen molar-refractivity contribution in [1.29, 1.82) is 0 Å². The predicted molar refractivity (Wildman–Crippen MR) is 131 cm³/mol. The van der Waals surface area contributed by atoms with Crippen molar-refractivity contribution in [2.24, 2.45) is 0 Å². The molecule has 1 aliphatic carbocycles. The van der Waals surface area contributed by atoms with Crippen LogP contribution in [0.4, 0.5) is 0 Å². The number of ether oxygens (including phenoxy) is 6. The van der Waals surface area contributed by atoms with Crippen LogP contribution < -0.4 is 4.46 Å². The number of hydrogen-bond donors (Lipinski definition) is 1. The van der Waals surface area contributed by atoms with Gasteiger partial charge in [0.2, 0.25) is 0 Å². The molecule has 3 fully saturated rings. The molecule has 5 rings (SSSR count). The third-order valence-corrected chi connectivity index (χ3v) is 9.60. The van der Waals surface area contributed by atoms with Gasteiger partial charge in [-0.05, 0) is 0 Å². The van der Waals surface area contributed by atoms with Gasteiger partial charge in [0, 0.05) is 0 Å². The second-order valence-corrected chi connectivity index (χ2v) is 11.7. The Morgan fingerprint density at radius 1 is 0.944 bits per heavy atom. The average molecular weight is 564 g/mol. The van der Waals surface area contributed by atoms with Crippen molar-refractivity contribution in [2.75, 3.05) is 20.8 Å². The summed E-state index contributed by atoms with van der Waals surface area (Å²) in [7, 11) is 3.16. The number of methoxy groups -OCH3 is 2. The zero-order chi connectivity index (χ0) is 25.2. The predicted octanol–water partition coefficient (Wildman–Crippen LogP) is 2.00. The molecule has 1 N–H and O–H groups in total. The number of carbonyl (C=O) groups excluding carboxylic acids is 1. The van der Waals surface area contributed by atoms with Crippen LogP contribution in [0.15, 0.2) is 60.7 Å². The Balaban J connectivity index is 1.42. The molecule has 0 spiro atoms. The van der Waals surface area contributed by atoms with E-state index in [1.165, 1.54) is 0 Å². The van der Waals surface area contributed by atoms with Crippen LogP contribution in [0.5, 0.6) is 0 Å². The Hall–Kier alpha value is -1.81. The van der Waals surface area contributed by atoms with Crippen molar-refractivity contribution in [3.05, 3.63) is 66.2 Å². The zero-order valence-electron chi connectivity index (χ0n) is 20.4. The van der Waals surface area contributed by atoms with Gasteiger partial charge in [-0.3, -0.25) is 0 Å². The van der Waals surface area contributed by atoms with Crippen LogP contribution in [0, 0.1) is 0 Å². The molecule has 2 saturated heterocycles. The van der Waals surface area contributed by atoms with Gasteiger partial charge in [-0.15, -0.1) is 0 Å². The minimum absolute atomic E-state index is 0.0495. The first-order valence-corrected chi connectivity index (χ1v) is 14.1. The normalized spacial score (nSPS) is 35.9. The first kappa shape index (κ1) is 25.8. The van der Waals surface area contributed by atoms with Crippen molar-refractivity contribution in [3.8, 4) is 0 Å². The van der Waals surface area contributed by atoms with Gasteiger partial charge in [0.25, 0.3) is 0 Å².